The molecule has 3 fully saturated rings. The Kier molecular flexibility index (Phi) is 14.7. The van der Waals surface area contributed by atoms with Crippen molar-refractivity contribution in [1.29, 1.82) is 0 Å². The summed E-state index contributed by atoms with van der Waals surface area (Å²) in [5.74, 6) is -2.63. The van der Waals surface area contributed by atoms with Crippen LogP contribution in [0.3, 0.4) is 0 Å². The van der Waals surface area contributed by atoms with Crippen LogP contribution in [-0.4, -0.2) is 105 Å². The summed E-state index contributed by atoms with van der Waals surface area (Å²) in [7, 11) is 1.56. The zero-order chi connectivity index (χ0) is 45.9. The second-order valence-electron chi connectivity index (χ2n) is 18.1. The lowest BCUT2D eigenvalue weighted by Crippen LogP contribution is -2.56. The lowest BCUT2D eigenvalue weighted by molar-refractivity contribution is -0.244. The third-order valence-electron chi connectivity index (χ3n) is 12.6. The number of nitrogens with zero attached hydrogens (tertiary/aromatic N) is 3. The number of benzene rings is 1. The largest absolute Gasteiger partial charge is 0.494 e. The van der Waals surface area contributed by atoms with Gasteiger partial charge in [-0.1, -0.05) is 32.4 Å². The Labute approximate surface area is 361 Å². The average molecular weight is 895 g/mol. The van der Waals surface area contributed by atoms with E-state index in [-0.39, 0.29) is 30.7 Å². The molecule has 19 heteroatoms. The summed E-state index contributed by atoms with van der Waals surface area (Å²) in [6.45, 7) is 6.50. The van der Waals surface area contributed by atoms with Gasteiger partial charge in [0.1, 0.15) is 23.9 Å². The molecule has 344 valence electrons. The van der Waals surface area contributed by atoms with Crippen LogP contribution in [0.2, 0.25) is 0 Å². The molecule has 2 heterocycles. The fourth-order valence-corrected chi connectivity index (χ4v) is 9.50. The number of fused-ring (bicyclic) bond motifs is 1. The van der Waals surface area contributed by atoms with Crippen LogP contribution >= 0.6 is 0 Å². The van der Waals surface area contributed by atoms with Gasteiger partial charge >= 0.3 is 12.3 Å². The highest BCUT2D eigenvalue weighted by Crippen LogP contribution is 2.43. The van der Waals surface area contributed by atoms with Gasteiger partial charge in [-0.05, 0) is 102 Å². The summed E-state index contributed by atoms with van der Waals surface area (Å²) in [6, 6.07) is 3.02. The van der Waals surface area contributed by atoms with Gasteiger partial charge in [0.25, 0.3) is 0 Å². The number of hydrogen-bond acceptors (Lipinski definition) is 11. The van der Waals surface area contributed by atoms with E-state index >= 15 is 0 Å². The molecule has 2 aliphatic carbocycles. The van der Waals surface area contributed by atoms with Gasteiger partial charge in [-0.25, -0.2) is 18.2 Å². The van der Waals surface area contributed by atoms with Crippen molar-refractivity contribution in [3.63, 3.8) is 0 Å². The van der Waals surface area contributed by atoms with Crippen molar-refractivity contribution in [2.45, 2.75) is 127 Å². The summed E-state index contributed by atoms with van der Waals surface area (Å²) in [5, 5.41) is 3.71. The van der Waals surface area contributed by atoms with Gasteiger partial charge in [0.15, 0.2) is 0 Å². The number of rotatable bonds is 18. The Morgan fingerprint density at radius 2 is 1.81 bits per heavy atom. The SMILES string of the molecule is COc1cnc(O[C@@H]2C[C@@H](C(N)=O)N(C(=O)[C@@H](NC(=O)OC(C)(C)C(F)(F)F)[C@H](C)C[C@@H](C)CC/C=C\[C@@H]3CCCC3C(=O)NS(=O)(=O)C3(C)CC3)C2)c2ccc(N(C)C)cc12. The molecule has 0 bridgehead atoms. The predicted octanol–water partition coefficient (Wildman–Crippen LogP) is 5.99. The first-order valence-electron chi connectivity index (χ1n) is 21.1. The third kappa shape index (κ3) is 11.0. The van der Waals surface area contributed by atoms with Crippen LogP contribution in [-0.2, 0) is 29.1 Å². The van der Waals surface area contributed by atoms with Crippen molar-refractivity contribution in [3.8, 4) is 11.6 Å². The van der Waals surface area contributed by atoms with Crippen LogP contribution in [0.15, 0.2) is 36.5 Å². The molecule has 5 rings (SSSR count). The smallest absolute Gasteiger partial charge is 0.427 e. The van der Waals surface area contributed by atoms with Gasteiger partial charge in [-0.2, -0.15) is 13.2 Å². The fourth-order valence-electron chi connectivity index (χ4n) is 8.20. The number of nitrogens with one attached hydrogen (secondary N) is 2. The quantitative estimate of drug-likeness (QED) is 0.149. The third-order valence-corrected chi connectivity index (χ3v) is 14.7. The molecular weight excluding hydrogens is 834 g/mol. The Balaban J connectivity index is 1.28. The van der Waals surface area contributed by atoms with Crippen LogP contribution in [0.25, 0.3) is 10.8 Å². The maximum absolute atomic E-state index is 14.5. The lowest BCUT2D eigenvalue weighted by atomic mass is 9.87. The van der Waals surface area contributed by atoms with Crippen LogP contribution < -0.4 is 30.1 Å². The number of amides is 4. The van der Waals surface area contributed by atoms with Crippen LogP contribution in [0.1, 0.15) is 92.4 Å². The molecule has 0 radical (unpaired) electrons. The van der Waals surface area contributed by atoms with Gasteiger partial charge in [0, 0.05) is 42.9 Å². The van der Waals surface area contributed by atoms with E-state index in [1.54, 1.807) is 13.8 Å². The van der Waals surface area contributed by atoms with Crippen molar-refractivity contribution >= 4 is 50.3 Å². The number of allylic oxidation sites excluding steroid dienone is 2. The first kappa shape index (κ1) is 48.2. The molecule has 1 aromatic carbocycles. The second-order valence-corrected chi connectivity index (χ2v) is 20.3. The van der Waals surface area contributed by atoms with Gasteiger partial charge < -0.3 is 35.1 Å². The van der Waals surface area contributed by atoms with E-state index in [0.717, 1.165) is 18.5 Å². The molecule has 62 heavy (non-hydrogen) atoms. The van der Waals surface area contributed by atoms with E-state index in [4.69, 9.17) is 19.9 Å². The molecule has 3 aliphatic rings. The number of nitrogens with two attached hydrogens (primary N) is 1. The molecule has 4 N–H and O–H groups in total. The van der Waals surface area contributed by atoms with Gasteiger partial charge in [-0.15, -0.1) is 0 Å². The van der Waals surface area contributed by atoms with Gasteiger partial charge in [0.2, 0.25) is 39.2 Å². The number of sulfonamides is 1. The topological polar surface area (TPSA) is 200 Å². The highest BCUT2D eigenvalue weighted by molar-refractivity contribution is 7.91. The van der Waals surface area contributed by atoms with Crippen molar-refractivity contribution in [2.24, 2.45) is 29.4 Å². The summed E-state index contributed by atoms with van der Waals surface area (Å²) in [6.07, 6.45) is 2.95. The van der Waals surface area contributed by atoms with E-state index < -0.39 is 80.4 Å². The maximum Gasteiger partial charge on any atom is 0.427 e. The van der Waals surface area contributed by atoms with E-state index in [0.29, 0.717) is 68.9 Å². The number of ether oxygens (including phenoxy) is 3. The Bertz CT molecular complexity index is 2130. The molecular formula is C43H61F3N6O9S. The van der Waals surface area contributed by atoms with Crippen molar-refractivity contribution in [3.05, 3.63) is 36.5 Å². The molecule has 15 nitrogen and oxygen atoms in total. The van der Waals surface area contributed by atoms with Crippen LogP contribution in [0.5, 0.6) is 11.6 Å². The number of methoxy groups -OCH3 is 1. The zero-order valence-corrected chi connectivity index (χ0v) is 37.5. The number of pyridine rings is 1. The lowest BCUT2D eigenvalue weighted by Gasteiger charge is -2.33. The first-order valence-corrected chi connectivity index (χ1v) is 22.6. The highest BCUT2D eigenvalue weighted by atomic mass is 32.2. The first-order chi connectivity index (χ1) is 28.9. The normalized spacial score (nSPS) is 22.8. The summed E-state index contributed by atoms with van der Waals surface area (Å²) in [4.78, 5) is 61.0. The fraction of sp³-hybridized carbons (Fsp3) is 0.651. The van der Waals surface area contributed by atoms with Crippen molar-refractivity contribution < 1.29 is 55.0 Å². The second kappa shape index (κ2) is 18.9. The summed E-state index contributed by atoms with van der Waals surface area (Å²) >= 11 is 0. The van der Waals surface area contributed by atoms with E-state index in [1.165, 1.54) is 18.2 Å². The van der Waals surface area contributed by atoms with Crippen LogP contribution in [0, 0.1) is 23.7 Å². The molecule has 1 unspecified atom stereocenters. The molecule has 2 aromatic rings. The zero-order valence-electron chi connectivity index (χ0n) is 36.7. The number of likely N-dealkylation sites (tertiary alicyclic amines) is 1. The van der Waals surface area contributed by atoms with Crippen molar-refractivity contribution in [1.82, 2.24) is 19.9 Å². The molecule has 0 spiro atoms. The Morgan fingerprint density at radius 3 is 2.42 bits per heavy atom. The number of halogens is 3. The summed E-state index contributed by atoms with van der Waals surface area (Å²) < 4.78 is 84.6. The van der Waals surface area contributed by atoms with Gasteiger partial charge in [-0.3, -0.25) is 19.1 Å². The van der Waals surface area contributed by atoms with Crippen molar-refractivity contribution in [2.75, 3.05) is 32.6 Å². The van der Waals surface area contributed by atoms with Gasteiger partial charge in [0.05, 0.1) is 24.6 Å². The minimum atomic E-state index is -4.91. The number of aromatic nitrogens is 1. The number of carbonyl (C=O) groups excluding carboxylic acids is 4. The minimum absolute atomic E-state index is 0.0137. The minimum Gasteiger partial charge on any atom is -0.494 e. The number of primary amides is 1. The standard InChI is InChI=1S/C43H61F3N6O9S/c1-25(12-9-10-13-27-14-11-15-30(27)37(54)50-62(57,58)42(5)18-19-42)20-26(2)35(49-40(56)61-41(3,4)43(44,45)46)39(55)52-24-29(22-33(52)36(47)53)60-38-31-17-16-28(51(6)7)21-32(31)34(59-8)23-48-38/h10,13,16-17,21,23,25-27,29-30,33,35H,9,11-12,14-15,18-20,22,24H2,1-8H3,(H2,47,53)(H,49,56)(H,50,54)/b13-10-/t25-,26+,27+,29+,30?,33-,35-/m0/s1. The Morgan fingerprint density at radius 1 is 1.11 bits per heavy atom. The molecule has 2 saturated carbocycles. The van der Waals surface area contributed by atoms with E-state index in [9.17, 15) is 40.8 Å². The average Bonchev–Trinajstić information content (AvgIpc) is 3.56. The van der Waals surface area contributed by atoms with E-state index in [2.05, 4.69) is 15.0 Å². The molecule has 1 saturated heterocycles. The highest BCUT2D eigenvalue weighted by Gasteiger charge is 2.53. The predicted molar refractivity (Wildman–Crippen MR) is 227 cm³/mol. The Hall–Kier alpha value is -4.81. The number of carbonyl (C=O) groups is 4. The van der Waals surface area contributed by atoms with Crippen LogP contribution in [0.4, 0.5) is 23.7 Å². The number of hydrogen-bond donors (Lipinski definition) is 3. The summed E-state index contributed by atoms with van der Waals surface area (Å²) in [5.41, 5.74) is 3.83. The molecule has 1 aliphatic heterocycles. The monoisotopic (exact) mass is 894 g/mol. The number of anilines is 1. The molecule has 1 aromatic heterocycles. The van der Waals surface area contributed by atoms with E-state index in [1.807, 2.05) is 56.3 Å². The maximum atomic E-state index is 14.5. The molecule has 7 atom stereocenters. The molecule has 4 amide bonds. The number of alkyl halides is 3. The number of alkyl carbamates (subject to hydrolysis) is 1.